The number of hydrogen-bond donors (Lipinski definition) is 0. The Kier molecular flexibility index (Phi) is 4.67. The van der Waals surface area contributed by atoms with Gasteiger partial charge in [0.2, 0.25) is 0 Å². The lowest BCUT2D eigenvalue weighted by Gasteiger charge is -2.15. The maximum absolute atomic E-state index is 14.0. The molecule has 7 heteroatoms. The molecule has 3 nitrogen and oxygen atoms in total. The van der Waals surface area contributed by atoms with Gasteiger partial charge in [-0.25, -0.2) is 4.39 Å². The fourth-order valence-electron chi connectivity index (χ4n) is 2.38. The first-order valence-corrected chi connectivity index (χ1v) is 8.15. The van der Waals surface area contributed by atoms with E-state index in [-0.39, 0.29) is 27.8 Å². The van der Waals surface area contributed by atoms with Gasteiger partial charge >= 0.3 is 5.25 Å². The summed E-state index contributed by atoms with van der Waals surface area (Å²) in [6.45, 7) is -0.552. The minimum atomic E-state index is -3.79. The molecule has 2 aromatic rings. The number of carbonyl (C=O) groups excluding carboxylic acids is 2. The SMILES string of the molecule is O=C1c2ccccc2C(=O)N1C/C=C(\F)C(F)(F)Sc1ccccc1. The third-order valence-corrected chi connectivity index (χ3v) is 4.56. The van der Waals surface area contributed by atoms with Crippen LogP contribution in [0.5, 0.6) is 0 Å². The van der Waals surface area contributed by atoms with E-state index < -0.39 is 29.4 Å². The maximum atomic E-state index is 14.0. The summed E-state index contributed by atoms with van der Waals surface area (Å²) in [5, 5.41) is -3.79. The largest absolute Gasteiger partial charge is 0.348 e. The number of alkyl halides is 2. The van der Waals surface area contributed by atoms with Crippen molar-refractivity contribution in [3.63, 3.8) is 0 Å². The Morgan fingerprint density at radius 2 is 1.48 bits per heavy atom. The van der Waals surface area contributed by atoms with Gasteiger partial charge in [-0.15, -0.1) is 0 Å². The molecule has 0 bridgehead atoms. The second-order valence-electron chi connectivity index (χ2n) is 5.25. The van der Waals surface area contributed by atoms with Gasteiger partial charge in [0.15, 0.2) is 5.83 Å². The van der Waals surface area contributed by atoms with Crippen LogP contribution < -0.4 is 0 Å². The monoisotopic (exact) mass is 363 g/mol. The van der Waals surface area contributed by atoms with Crippen molar-refractivity contribution in [1.82, 2.24) is 4.90 Å². The van der Waals surface area contributed by atoms with Crippen molar-refractivity contribution in [2.45, 2.75) is 10.2 Å². The van der Waals surface area contributed by atoms with E-state index in [0.717, 1.165) is 4.90 Å². The second-order valence-corrected chi connectivity index (χ2v) is 6.44. The lowest BCUT2D eigenvalue weighted by atomic mass is 10.1. The van der Waals surface area contributed by atoms with Crippen molar-refractivity contribution < 1.29 is 22.8 Å². The number of halogens is 3. The van der Waals surface area contributed by atoms with Crippen LogP contribution in [-0.2, 0) is 0 Å². The van der Waals surface area contributed by atoms with E-state index in [0.29, 0.717) is 6.08 Å². The van der Waals surface area contributed by atoms with Crippen molar-refractivity contribution >= 4 is 23.6 Å². The van der Waals surface area contributed by atoms with E-state index in [4.69, 9.17) is 0 Å². The van der Waals surface area contributed by atoms with Crippen molar-refractivity contribution in [2.24, 2.45) is 0 Å². The summed E-state index contributed by atoms with van der Waals surface area (Å²) in [6.07, 6.45) is 0.567. The number of rotatable bonds is 5. The molecule has 0 saturated heterocycles. The summed E-state index contributed by atoms with van der Waals surface area (Å²) in [6, 6.07) is 13.8. The molecule has 0 saturated carbocycles. The van der Waals surface area contributed by atoms with E-state index in [9.17, 15) is 22.8 Å². The van der Waals surface area contributed by atoms with Crippen molar-refractivity contribution in [3.8, 4) is 0 Å². The van der Waals surface area contributed by atoms with Crippen LogP contribution in [0.15, 0.2) is 71.4 Å². The number of nitrogens with zero attached hydrogens (tertiary/aromatic N) is 1. The average Bonchev–Trinajstić information content (AvgIpc) is 2.84. The summed E-state index contributed by atoms with van der Waals surface area (Å²) in [5.41, 5.74) is 0.374. The molecular formula is C18H12F3NO2S. The molecule has 3 rings (SSSR count). The molecular weight excluding hydrogens is 351 g/mol. The summed E-state index contributed by atoms with van der Waals surface area (Å²) >= 11 is 0.0604. The minimum absolute atomic E-state index is 0.0604. The molecule has 1 aliphatic heterocycles. The second kappa shape index (κ2) is 6.76. The smallest absolute Gasteiger partial charge is 0.270 e. The summed E-state index contributed by atoms with van der Waals surface area (Å²) < 4.78 is 41.9. The van der Waals surface area contributed by atoms with Crippen molar-refractivity contribution in [2.75, 3.05) is 6.54 Å². The van der Waals surface area contributed by atoms with E-state index in [1.807, 2.05) is 0 Å². The quantitative estimate of drug-likeness (QED) is 0.579. The van der Waals surface area contributed by atoms with Gasteiger partial charge in [0.05, 0.1) is 17.7 Å². The van der Waals surface area contributed by atoms with Crippen LogP contribution in [-0.4, -0.2) is 28.5 Å². The van der Waals surface area contributed by atoms with Crippen molar-refractivity contribution in [1.29, 1.82) is 0 Å². The molecule has 0 spiro atoms. The number of hydrogen-bond acceptors (Lipinski definition) is 3. The highest BCUT2D eigenvalue weighted by atomic mass is 32.2. The van der Waals surface area contributed by atoms with Gasteiger partial charge in [-0.2, -0.15) is 8.78 Å². The summed E-state index contributed by atoms with van der Waals surface area (Å²) in [7, 11) is 0. The molecule has 0 radical (unpaired) electrons. The van der Waals surface area contributed by atoms with Gasteiger partial charge in [0, 0.05) is 4.90 Å². The Morgan fingerprint density at radius 1 is 0.960 bits per heavy atom. The highest BCUT2D eigenvalue weighted by Crippen LogP contribution is 2.41. The van der Waals surface area contributed by atoms with Gasteiger partial charge in [-0.1, -0.05) is 30.3 Å². The van der Waals surface area contributed by atoms with Gasteiger partial charge in [0.25, 0.3) is 11.8 Å². The zero-order valence-corrected chi connectivity index (χ0v) is 13.6. The zero-order valence-electron chi connectivity index (χ0n) is 12.8. The molecule has 0 N–H and O–H groups in total. The first kappa shape index (κ1) is 17.3. The van der Waals surface area contributed by atoms with Crippen LogP contribution in [0.3, 0.4) is 0 Å². The number of benzene rings is 2. The normalized spacial score (nSPS) is 14.8. The molecule has 1 heterocycles. The molecule has 0 aromatic heterocycles. The van der Waals surface area contributed by atoms with E-state index in [1.54, 1.807) is 30.3 Å². The molecule has 0 atom stereocenters. The predicted molar refractivity (Wildman–Crippen MR) is 88.2 cm³/mol. The summed E-state index contributed by atoms with van der Waals surface area (Å²) in [4.78, 5) is 25.2. The van der Waals surface area contributed by atoms with E-state index in [1.165, 1.54) is 24.3 Å². The van der Waals surface area contributed by atoms with Crippen LogP contribution in [0.1, 0.15) is 20.7 Å². The highest BCUT2D eigenvalue weighted by Gasteiger charge is 2.38. The highest BCUT2D eigenvalue weighted by molar-refractivity contribution is 8.00. The predicted octanol–water partition coefficient (Wildman–Crippen LogP) is 4.52. The fraction of sp³-hybridized carbons (Fsp3) is 0.111. The Labute approximate surface area is 146 Å². The molecule has 0 aliphatic carbocycles. The molecule has 0 fully saturated rings. The Balaban J connectivity index is 1.73. The van der Waals surface area contributed by atoms with Crippen LogP contribution in [0.25, 0.3) is 0 Å². The standard InChI is InChI=1S/C18H12F3NO2S/c19-15(18(20,21)25-12-6-2-1-3-7-12)10-11-22-16(23)13-8-4-5-9-14(13)17(22)24/h1-10H,11H2/b15-10-. The first-order chi connectivity index (χ1) is 11.9. The molecule has 2 aromatic carbocycles. The lowest BCUT2D eigenvalue weighted by Crippen LogP contribution is -2.30. The van der Waals surface area contributed by atoms with Crippen LogP contribution in [0.4, 0.5) is 13.2 Å². The van der Waals surface area contributed by atoms with Gasteiger partial charge in [-0.3, -0.25) is 14.5 Å². The van der Waals surface area contributed by atoms with E-state index in [2.05, 4.69) is 0 Å². The average molecular weight is 363 g/mol. The van der Waals surface area contributed by atoms with E-state index >= 15 is 0 Å². The summed E-state index contributed by atoms with van der Waals surface area (Å²) in [5.74, 6) is -2.94. The van der Waals surface area contributed by atoms with Gasteiger partial charge in [0.1, 0.15) is 0 Å². The maximum Gasteiger partial charge on any atom is 0.348 e. The fourth-order valence-corrected chi connectivity index (χ4v) is 3.15. The third kappa shape index (κ3) is 3.46. The van der Waals surface area contributed by atoms with Gasteiger partial charge in [-0.05, 0) is 42.1 Å². The molecule has 2 amide bonds. The zero-order chi connectivity index (χ0) is 18.0. The van der Waals surface area contributed by atoms with Gasteiger partial charge < -0.3 is 0 Å². The number of thioether (sulfide) groups is 1. The number of imide groups is 1. The molecule has 1 aliphatic rings. The topological polar surface area (TPSA) is 37.4 Å². The molecule has 25 heavy (non-hydrogen) atoms. The van der Waals surface area contributed by atoms with Crippen molar-refractivity contribution in [3.05, 3.63) is 77.6 Å². The minimum Gasteiger partial charge on any atom is -0.270 e. The Morgan fingerprint density at radius 3 is 2.04 bits per heavy atom. The lowest BCUT2D eigenvalue weighted by molar-refractivity contribution is 0.0667. The Bertz CT molecular complexity index is 817. The van der Waals surface area contributed by atoms with Crippen LogP contribution in [0.2, 0.25) is 0 Å². The first-order valence-electron chi connectivity index (χ1n) is 7.33. The third-order valence-electron chi connectivity index (χ3n) is 3.60. The number of carbonyl (C=O) groups is 2. The number of amides is 2. The number of fused-ring (bicyclic) bond motifs is 1. The molecule has 128 valence electrons. The molecule has 0 unspecified atom stereocenters. The van der Waals surface area contributed by atoms with Crippen LogP contribution in [0, 0.1) is 0 Å². The van der Waals surface area contributed by atoms with Crippen LogP contribution >= 0.6 is 11.8 Å². The Hall–Kier alpha value is -2.54.